The summed E-state index contributed by atoms with van der Waals surface area (Å²) in [5, 5.41) is 3.98. The van der Waals surface area contributed by atoms with Crippen LogP contribution in [0, 0.1) is 0 Å². The fraction of sp³-hybridized carbons (Fsp3) is 0.143. The predicted molar refractivity (Wildman–Crippen MR) is 132 cm³/mol. The van der Waals surface area contributed by atoms with Crippen LogP contribution in [0.15, 0.2) is 66.7 Å². The number of ether oxygens (including phenoxy) is 1. The zero-order valence-electron chi connectivity index (χ0n) is 19.1. The van der Waals surface area contributed by atoms with Crippen molar-refractivity contribution in [3.05, 3.63) is 89.0 Å². The molecule has 3 aliphatic heterocycles. The Hall–Kier alpha value is -4.56. The lowest BCUT2D eigenvalue weighted by Gasteiger charge is -2.37. The Labute approximate surface area is 205 Å². The van der Waals surface area contributed by atoms with Gasteiger partial charge < -0.3 is 9.64 Å². The number of carbonyl (C=O) groups is 4. The first kappa shape index (κ1) is 20.8. The molecule has 3 heterocycles. The fourth-order valence-electron chi connectivity index (χ4n) is 5.53. The lowest BCUT2D eigenvalue weighted by atomic mass is 9.92. The number of amides is 4. The van der Waals surface area contributed by atoms with Gasteiger partial charge in [0.15, 0.2) is 0 Å². The van der Waals surface area contributed by atoms with Crippen molar-refractivity contribution >= 4 is 50.9 Å². The summed E-state index contributed by atoms with van der Waals surface area (Å²) >= 11 is 0. The van der Waals surface area contributed by atoms with Crippen molar-refractivity contribution in [2.45, 2.75) is 0 Å². The number of hydrogen-bond donors (Lipinski definition) is 0. The Morgan fingerprint density at radius 3 is 1.64 bits per heavy atom. The third-order valence-electron chi connectivity index (χ3n) is 7.17. The molecule has 4 aromatic carbocycles. The first-order valence-electron chi connectivity index (χ1n) is 11.7. The molecule has 0 radical (unpaired) electrons. The minimum Gasteiger partial charge on any atom is -0.378 e. The first-order valence-corrected chi connectivity index (χ1v) is 11.7. The second-order valence-corrected chi connectivity index (χ2v) is 9.01. The summed E-state index contributed by atoms with van der Waals surface area (Å²) in [5.41, 5.74) is 2.01. The maximum Gasteiger partial charge on any atom is 0.281 e. The highest BCUT2D eigenvalue weighted by atomic mass is 16.5. The van der Waals surface area contributed by atoms with Gasteiger partial charge in [0.05, 0.1) is 35.5 Å². The van der Waals surface area contributed by atoms with Gasteiger partial charge >= 0.3 is 0 Å². The van der Waals surface area contributed by atoms with E-state index >= 15 is 0 Å². The largest absolute Gasteiger partial charge is 0.378 e. The van der Waals surface area contributed by atoms with E-state index in [4.69, 9.17) is 4.74 Å². The Morgan fingerprint density at radius 1 is 0.556 bits per heavy atom. The molecular weight excluding hydrogens is 458 g/mol. The van der Waals surface area contributed by atoms with Crippen LogP contribution in [0.1, 0.15) is 41.4 Å². The quantitative estimate of drug-likeness (QED) is 0.410. The smallest absolute Gasteiger partial charge is 0.281 e. The minimum atomic E-state index is -0.703. The summed E-state index contributed by atoms with van der Waals surface area (Å²) in [6.07, 6.45) is 0. The molecule has 0 atom stereocenters. The molecule has 1 saturated heterocycles. The highest BCUT2D eigenvalue weighted by molar-refractivity contribution is 6.31. The average Bonchev–Trinajstić information content (AvgIpc) is 2.92. The number of anilines is 1. The maximum absolute atomic E-state index is 13.8. The normalized spacial score (nSPS) is 17.5. The molecule has 0 saturated carbocycles. The van der Waals surface area contributed by atoms with Crippen molar-refractivity contribution < 1.29 is 23.9 Å². The van der Waals surface area contributed by atoms with E-state index in [0.29, 0.717) is 47.1 Å². The lowest BCUT2D eigenvalue weighted by Crippen LogP contribution is -2.58. The van der Waals surface area contributed by atoms with Gasteiger partial charge in [-0.15, -0.1) is 0 Å². The van der Waals surface area contributed by atoms with Crippen LogP contribution in [0.3, 0.4) is 0 Å². The van der Waals surface area contributed by atoms with E-state index in [-0.39, 0.29) is 22.3 Å². The zero-order chi connectivity index (χ0) is 24.6. The third kappa shape index (κ3) is 2.67. The Kier molecular flexibility index (Phi) is 4.31. The van der Waals surface area contributed by atoms with Gasteiger partial charge in [-0.25, -0.2) is 0 Å². The molecule has 0 bridgehead atoms. The van der Waals surface area contributed by atoms with Crippen molar-refractivity contribution in [3.8, 4) is 0 Å². The molecule has 1 fully saturated rings. The molecule has 36 heavy (non-hydrogen) atoms. The van der Waals surface area contributed by atoms with E-state index in [2.05, 4.69) is 4.90 Å². The molecule has 8 nitrogen and oxygen atoms in total. The highest BCUT2D eigenvalue weighted by Crippen LogP contribution is 2.38. The Balaban J connectivity index is 1.38. The van der Waals surface area contributed by atoms with Gasteiger partial charge in [-0.05, 0) is 35.7 Å². The van der Waals surface area contributed by atoms with Gasteiger partial charge in [0, 0.05) is 34.9 Å². The van der Waals surface area contributed by atoms with Gasteiger partial charge in [0.25, 0.3) is 23.6 Å². The third-order valence-corrected chi connectivity index (χ3v) is 7.17. The van der Waals surface area contributed by atoms with Crippen LogP contribution >= 0.6 is 0 Å². The molecule has 0 aliphatic carbocycles. The molecule has 8 heteroatoms. The van der Waals surface area contributed by atoms with Crippen LogP contribution in [0.25, 0.3) is 21.5 Å². The summed E-state index contributed by atoms with van der Waals surface area (Å²) in [4.78, 5) is 56.8. The molecule has 4 aromatic rings. The molecule has 0 N–H and O–H groups in total. The van der Waals surface area contributed by atoms with Crippen LogP contribution in [0.2, 0.25) is 0 Å². The second-order valence-electron chi connectivity index (χ2n) is 9.01. The lowest BCUT2D eigenvalue weighted by molar-refractivity contribution is 0.00212. The van der Waals surface area contributed by atoms with Crippen LogP contribution in [0.5, 0.6) is 0 Å². The molecule has 4 amide bonds. The first-order chi connectivity index (χ1) is 17.6. The zero-order valence-corrected chi connectivity index (χ0v) is 19.1. The standard InChI is InChI=1S/C28H19N3O5/c32-25-18-7-1-4-16-5-2-8-19(23(16)18)26(33)30(25)31-27(34)20-9-3-6-17-22(29-12-14-36-15-13-29)11-10-21(24(17)20)28(31)35/h1-11H,12-15H2. The topological polar surface area (TPSA) is 87.2 Å². The average molecular weight is 477 g/mol. The van der Waals surface area contributed by atoms with Crippen LogP contribution in [-0.4, -0.2) is 59.9 Å². The molecule has 0 aromatic heterocycles. The number of imide groups is 2. The molecule has 0 spiro atoms. The molecule has 7 rings (SSSR count). The molecule has 0 unspecified atom stereocenters. The van der Waals surface area contributed by atoms with Crippen LogP contribution < -0.4 is 4.90 Å². The van der Waals surface area contributed by atoms with Crippen molar-refractivity contribution in [1.82, 2.24) is 10.0 Å². The SMILES string of the molecule is O=C1c2cccc3cccc(c23)C(=O)N1N1C(=O)c2cccc3c(N4CCOCC4)ccc(c23)C1=O. The Bertz CT molecular complexity index is 1600. The number of rotatable bonds is 2. The van der Waals surface area contributed by atoms with Crippen molar-refractivity contribution in [1.29, 1.82) is 0 Å². The number of benzene rings is 4. The predicted octanol–water partition coefficient (Wildman–Crippen LogP) is 3.64. The number of morpholine rings is 1. The number of hydrazine groups is 1. The summed E-state index contributed by atoms with van der Waals surface area (Å²) in [7, 11) is 0. The minimum absolute atomic E-state index is 0.273. The van der Waals surface area contributed by atoms with E-state index in [9.17, 15) is 19.2 Å². The summed E-state index contributed by atoms with van der Waals surface area (Å²) < 4.78 is 5.47. The van der Waals surface area contributed by atoms with Crippen molar-refractivity contribution in [2.24, 2.45) is 0 Å². The summed E-state index contributed by atoms with van der Waals surface area (Å²) in [6.45, 7) is 2.60. The van der Waals surface area contributed by atoms with Gasteiger partial charge in [-0.2, -0.15) is 10.0 Å². The van der Waals surface area contributed by atoms with Crippen LogP contribution in [0.4, 0.5) is 5.69 Å². The van der Waals surface area contributed by atoms with Crippen molar-refractivity contribution in [3.63, 3.8) is 0 Å². The van der Waals surface area contributed by atoms with E-state index in [1.54, 1.807) is 42.5 Å². The van der Waals surface area contributed by atoms with Crippen LogP contribution in [-0.2, 0) is 4.74 Å². The number of hydrogen-bond acceptors (Lipinski definition) is 6. The van der Waals surface area contributed by atoms with E-state index in [1.807, 2.05) is 24.3 Å². The monoisotopic (exact) mass is 477 g/mol. The molecule has 3 aliphatic rings. The van der Waals surface area contributed by atoms with E-state index < -0.39 is 23.6 Å². The summed E-state index contributed by atoms with van der Waals surface area (Å²) in [5.74, 6) is -2.81. The number of carbonyl (C=O) groups excluding carboxylic acids is 4. The van der Waals surface area contributed by atoms with Gasteiger partial charge in [-0.3, -0.25) is 19.2 Å². The van der Waals surface area contributed by atoms with Gasteiger partial charge in [0.1, 0.15) is 0 Å². The fourth-order valence-corrected chi connectivity index (χ4v) is 5.53. The maximum atomic E-state index is 13.8. The Morgan fingerprint density at radius 2 is 1.06 bits per heavy atom. The number of nitrogens with zero attached hydrogens (tertiary/aromatic N) is 3. The van der Waals surface area contributed by atoms with E-state index in [1.165, 1.54) is 0 Å². The second kappa shape index (κ2) is 7.47. The highest BCUT2D eigenvalue weighted by Gasteiger charge is 2.45. The van der Waals surface area contributed by atoms with E-state index in [0.717, 1.165) is 16.5 Å². The van der Waals surface area contributed by atoms with Gasteiger partial charge in [0.2, 0.25) is 0 Å². The molecule has 176 valence electrons. The van der Waals surface area contributed by atoms with Gasteiger partial charge in [-0.1, -0.05) is 36.4 Å². The summed E-state index contributed by atoms with van der Waals surface area (Å²) in [6, 6.07) is 19.1. The van der Waals surface area contributed by atoms with Crippen molar-refractivity contribution in [2.75, 3.05) is 31.2 Å². The molecular formula is C28H19N3O5.